The van der Waals surface area contributed by atoms with Gasteiger partial charge in [0.05, 0.1) is 11.2 Å². The van der Waals surface area contributed by atoms with Crippen LogP contribution in [0.3, 0.4) is 0 Å². The van der Waals surface area contributed by atoms with Gasteiger partial charge in [0.2, 0.25) is 0 Å². The van der Waals surface area contributed by atoms with Gasteiger partial charge >= 0.3 is 0 Å². The standard InChI is InChI=1S/C23H26N2O/c24-23(22-15-12-19-8-4-5-9-21(19)25-22)26-20-13-10-18(11-14-20)16-17-6-2-1-3-7-17/h4-5,8-15,17,23H,1-3,6-7,16,24H2. The maximum atomic E-state index is 6.22. The Balaban J connectivity index is 1.40. The van der Waals surface area contributed by atoms with Crippen molar-refractivity contribution in [3.63, 3.8) is 0 Å². The van der Waals surface area contributed by atoms with Crippen LogP contribution in [0.5, 0.6) is 5.75 Å². The van der Waals surface area contributed by atoms with E-state index in [1.165, 1.54) is 44.1 Å². The molecule has 1 aliphatic rings. The summed E-state index contributed by atoms with van der Waals surface area (Å²) in [4.78, 5) is 4.62. The molecule has 0 radical (unpaired) electrons. The molecule has 0 saturated heterocycles. The molecule has 3 nitrogen and oxygen atoms in total. The van der Waals surface area contributed by atoms with Crippen molar-refractivity contribution in [3.8, 4) is 5.75 Å². The van der Waals surface area contributed by atoms with E-state index in [1.54, 1.807) is 0 Å². The largest absolute Gasteiger partial charge is 0.470 e. The molecule has 26 heavy (non-hydrogen) atoms. The number of rotatable bonds is 5. The van der Waals surface area contributed by atoms with Gasteiger partial charge in [0, 0.05) is 5.39 Å². The molecule has 1 aromatic heterocycles. The molecule has 4 rings (SSSR count). The average Bonchev–Trinajstić information content (AvgIpc) is 2.70. The van der Waals surface area contributed by atoms with Crippen LogP contribution in [-0.4, -0.2) is 4.98 Å². The summed E-state index contributed by atoms with van der Waals surface area (Å²) < 4.78 is 5.91. The summed E-state index contributed by atoms with van der Waals surface area (Å²) in [7, 11) is 0. The summed E-state index contributed by atoms with van der Waals surface area (Å²) in [6.45, 7) is 0. The zero-order chi connectivity index (χ0) is 17.8. The first-order valence-corrected chi connectivity index (χ1v) is 9.65. The first-order chi connectivity index (χ1) is 12.8. The molecule has 3 heteroatoms. The number of aromatic nitrogens is 1. The minimum absolute atomic E-state index is 0.566. The van der Waals surface area contributed by atoms with Gasteiger partial charge in [-0.3, -0.25) is 5.73 Å². The smallest absolute Gasteiger partial charge is 0.190 e. The fraction of sp³-hybridized carbons (Fsp3) is 0.348. The third kappa shape index (κ3) is 4.05. The monoisotopic (exact) mass is 346 g/mol. The van der Waals surface area contributed by atoms with Gasteiger partial charge in [0.15, 0.2) is 6.23 Å². The van der Waals surface area contributed by atoms with Crippen molar-refractivity contribution in [2.45, 2.75) is 44.8 Å². The number of nitrogens with zero attached hydrogens (tertiary/aromatic N) is 1. The van der Waals surface area contributed by atoms with Crippen LogP contribution in [0.15, 0.2) is 60.7 Å². The lowest BCUT2D eigenvalue weighted by Gasteiger charge is -2.21. The third-order valence-corrected chi connectivity index (χ3v) is 5.35. The lowest BCUT2D eigenvalue weighted by Crippen LogP contribution is -2.18. The number of benzene rings is 2. The maximum Gasteiger partial charge on any atom is 0.190 e. The number of nitrogens with two attached hydrogens (primary N) is 1. The van der Waals surface area contributed by atoms with E-state index in [0.29, 0.717) is 0 Å². The van der Waals surface area contributed by atoms with Crippen LogP contribution in [-0.2, 0) is 6.42 Å². The highest BCUT2D eigenvalue weighted by atomic mass is 16.5. The van der Waals surface area contributed by atoms with Gasteiger partial charge in [-0.1, -0.05) is 68.5 Å². The Bertz CT molecular complexity index is 853. The van der Waals surface area contributed by atoms with Gasteiger partial charge in [0.25, 0.3) is 0 Å². The van der Waals surface area contributed by atoms with Gasteiger partial charge in [-0.25, -0.2) is 4.98 Å². The number of hydrogen-bond acceptors (Lipinski definition) is 3. The Kier molecular flexibility index (Phi) is 5.16. The number of pyridine rings is 1. The van der Waals surface area contributed by atoms with Gasteiger partial charge < -0.3 is 4.74 Å². The lowest BCUT2D eigenvalue weighted by molar-refractivity contribution is 0.209. The van der Waals surface area contributed by atoms with Crippen molar-refractivity contribution in [1.82, 2.24) is 4.98 Å². The Morgan fingerprint density at radius 2 is 1.69 bits per heavy atom. The van der Waals surface area contributed by atoms with E-state index in [9.17, 15) is 0 Å². The van der Waals surface area contributed by atoms with Crippen LogP contribution >= 0.6 is 0 Å². The van der Waals surface area contributed by atoms with Crippen LogP contribution < -0.4 is 10.5 Å². The van der Waals surface area contributed by atoms with Crippen molar-refractivity contribution in [3.05, 3.63) is 71.9 Å². The van der Waals surface area contributed by atoms with Crippen molar-refractivity contribution in [2.75, 3.05) is 0 Å². The second-order valence-corrected chi connectivity index (χ2v) is 7.32. The fourth-order valence-corrected chi connectivity index (χ4v) is 3.88. The molecule has 3 aromatic rings. The minimum Gasteiger partial charge on any atom is -0.470 e. The third-order valence-electron chi connectivity index (χ3n) is 5.35. The van der Waals surface area contributed by atoms with E-state index in [2.05, 4.69) is 17.1 Å². The van der Waals surface area contributed by atoms with Crippen LogP contribution in [0.25, 0.3) is 10.9 Å². The molecular formula is C23H26N2O. The van der Waals surface area contributed by atoms with Crippen molar-refractivity contribution in [1.29, 1.82) is 0 Å². The molecule has 1 atom stereocenters. The topological polar surface area (TPSA) is 48.1 Å². The molecule has 1 unspecified atom stereocenters. The van der Waals surface area contributed by atoms with Gasteiger partial charge in [0.1, 0.15) is 5.75 Å². The number of fused-ring (bicyclic) bond motifs is 1. The molecule has 1 heterocycles. The highest BCUT2D eigenvalue weighted by Crippen LogP contribution is 2.28. The number of para-hydroxylation sites is 1. The molecule has 0 aliphatic heterocycles. The Morgan fingerprint density at radius 1 is 0.923 bits per heavy atom. The molecule has 134 valence electrons. The van der Waals surface area contributed by atoms with E-state index < -0.39 is 6.23 Å². The Labute approximate surface area is 155 Å². The minimum atomic E-state index is -0.566. The highest BCUT2D eigenvalue weighted by molar-refractivity contribution is 5.78. The van der Waals surface area contributed by atoms with Crippen LogP contribution in [0.4, 0.5) is 0 Å². The van der Waals surface area contributed by atoms with E-state index in [4.69, 9.17) is 10.5 Å². The van der Waals surface area contributed by atoms with Crippen molar-refractivity contribution < 1.29 is 4.74 Å². The van der Waals surface area contributed by atoms with E-state index >= 15 is 0 Å². The summed E-state index contributed by atoms with van der Waals surface area (Å²) in [6, 6.07) is 20.4. The number of ether oxygens (including phenoxy) is 1. The predicted octanol–water partition coefficient (Wildman–Crippen LogP) is 5.39. The first kappa shape index (κ1) is 17.0. The highest BCUT2D eigenvalue weighted by Gasteiger charge is 2.14. The van der Waals surface area contributed by atoms with Crippen molar-refractivity contribution >= 4 is 10.9 Å². The second kappa shape index (κ2) is 7.88. The molecule has 2 N–H and O–H groups in total. The first-order valence-electron chi connectivity index (χ1n) is 9.65. The molecule has 1 aliphatic carbocycles. The van der Waals surface area contributed by atoms with E-state index in [0.717, 1.165) is 28.3 Å². The van der Waals surface area contributed by atoms with Gasteiger partial charge in [-0.2, -0.15) is 0 Å². The Morgan fingerprint density at radius 3 is 2.50 bits per heavy atom. The zero-order valence-corrected chi connectivity index (χ0v) is 15.1. The van der Waals surface area contributed by atoms with Crippen molar-refractivity contribution in [2.24, 2.45) is 11.7 Å². The summed E-state index contributed by atoms with van der Waals surface area (Å²) in [5.41, 5.74) is 9.29. The molecule has 1 saturated carbocycles. The predicted molar refractivity (Wildman–Crippen MR) is 106 cm³/mol. The summed E-state index contributed by atoms with van der Waals surface area (Å²) in [5.74, 6) is 1.64. The molecule has 0 bridgehead atoms. The second-order valence-electron chi connectivity index (χ2n) is 7.32. The molecule has 1 fully saturated rings. The van der Waals surface area contributed by atoms with E-state index in [-0.39, 0.29) is 0 Å². The summed E-state index contributed by atoms with van der Waals surface area (Å²) >= 11 is 0. The molecule has 0 spiro atoms. The van der Waals surface area contributed by atoms with Crippen LogP contribution in [0, 0.1) is 5.92 Å². The van der Waals surface area contributed by atoms with Crippen LogP contribution in [0.1, 0.15) is 49.6 Å². The van der Waals surface area contributed by atoms with Gasteiger partial charge in [-0.05, 0) is 42.2 Å². The normalized spacial score (nSPS) is 16.5. The summed E-state index contributed by atoms with van der Waals surface area (Å²) in [6.07, 6.45) is 7.54. The quantitative estimate of drug-likeness (QED) is 0.630. The lowest BCUT2D eigenvalue weighted by atomic mass is 9.85. The average molecular weight is 346 g/mol. The SMILES string of the molecule is NC(Oc1ccc(CC2CCCCC2)cc1)c1ccc2ccccc2n1. The van der Waals surface area contributed by atoms with Gasteiger partial charge in [-0.15, -0.1) is 0 Å². The van der Waals surface area contributed by atoms with E-state index in [1.807, 2.05) is 48.5 Å². The molecular weight excluding hydrogens is 320 g/mol. The molecule has 2 aromatic carbocycles. The number of hydrogen-bond donors (Lipinski definition) is 1. The van der Waals surface area contributed by atoms with Crippen LogP contribution in [0.2, 0.25) is 0 Å². The fourth-order valence-electron chi connectivity index (χ4n) is 3.88. The summed E-state index contributed by atoms with van der Waals surface area (Å²) in [5, 5.41) is 1.11. The zero-order valence-electron chi connectivity index (χ0n) is 15.1. The molecule has 0 amide bonds. The Hall–Kier alpha value is -2.39. The maximum absolute atomic E-state index is 6.22.